The van der Waals surface area contributed by atoms with Crippen molar-refractivity contribution in [2.75, 3.05) is 0 Å². The highest BCUT2D eigenvalue weighted by Gasteiger charge is 2.01. The van der Waals surface area contributed by atoms with E-state index in [4.69, 9.17) is 11.6 Å². The van der Waals surface area contributed by atoms with Gasteiger partial charge in [0.2, 0.25) is 5.24 Å². The maximum atomic E-state index is 10.5. The molecule has 60 valence electrons. The average molecular weight is 189 g/mol. The van der Waals surface area contributed by atoms with Gasteiger partial charge in [0.05, 0.1) is 6.42 Å². The zero-order chi connectivity index (χ0) is 8.27. The molecule has 3 heteroatoms. The summed E-state index contributed by atoms with van der Waals surface area (Å²) in [6.07, 6.45) is 1.40. The minimum atomic E-state index is -0.283. The molecule has 1 aromatic rings. The Bertz CT molecular complexity index is 254. The molecule has 0 N–H and O–H groups in total. The molecule has 0 unspecified atom stereocenters. The van der Waals surface area contributed by atoms with E-state index in [1.54, 1.807) is 11.3 Å². The van der Waals surface area contributed by atoms with E-state index in [0.717, 1.165) is 11.3 Å². The van der Waals surface area contributed by atoms with Gasteiger partial charge in [0, 0.05) is 9.75 Å². The second kappa shape index (κ2) is 3.88. The lowest BCUT2D eigenvalue weighted by Crippen LogP contribution is -1.88. The van der Waals surface area contributed by atoms with Crippen molar-refractivity contribution in [3.05, 3.63) is 21.9 Å². The number of hydrogen-bond donors (Lipinski definition) is 0. The van der Waals surface area contributed by atoms with Crippen molar-refractivity contribution in [3.63, 3.8) is 0 Å². The number of halogens is 1. The van der Waals surface area contributed by atoms with E-state index < -0.39 is 0 Å². The summed E-state index contributed by atoms with van der Waals surface area (Å²) in [5, 5.41) is -0.283. The molecule has 11 heavy (non-hydrogen) atoms. The van der Waals surface area contributed by atoms with E-state index in [9.17, 15) is 4.79 Å². The van der Waals surface area contributed by atoms with E-state index >= 15 is 0 Å². The van der Waals surface area contributed by atoms with Crippen LogP contribution >= 0.6 is 22.9 Å². The summed E-state index contributed by atoms with van der Waals surface area (Å²) in [7, 11) is 0. The van der Waals surface area contributed by atoms with Crippen molar-refractivity contribution in [1.29, 1.82) is 0 Å². The first-order chi connectivity index (χ1) is 5.22. The number of rotatable bonds is 3. The molecule has 0 radical (unpaired) electrons. The zero-order valence-electron chi connectivity index (χ0n) is 6.26. The van der Waals surface area contributed by atoms with Gasteiger partial charge in [-0.3, -0.25) is 4.79 Å². The number of hydrogen-bond acceptors (Lipinski definition) is 2. The van der Waals surface area contributed by atoms with Crippen molar-refractivity contribution in [3.8, 4) is 0 Å². The predicted octanol–water partition coefficient (Wildman–Crippen LogP) is 2.62. The summed E-state index contributed by atoms with van der Waals surface area (Å²) in [6, 6.07) is 4.00. The normalized spacial score (nSPS) is 10.0. The molecule has 1 aromatic heterocycles. The molecule has 0 saturated heterocycles. The zero-order valence-corrected chi connectivity index (χ0v) is 7.84. The highest BCUT2D eigenvalue weighted by atomic mass is 35.5. The molecule has 1 rings (SSSR count). The van der Waals surface area contributed by atoms with Gasteiger partial charge in [0.1, 0.15) is 0 Å². The SMILES string of the molecule is CCc1ccc(CC(=O)Cl)s1. The molecule has 0 spiro atoms. The van der Waals surface area contributed by atoms with Crippen molar-refractivity contribution < 1.29 is 4.79 Å². The van der Waals surface area contributed by atoms with E-state index in [1.807, 2.05) is 12.1 Å². The van der Waals surface area contributed by atoms with Gasteiger partial charge in [-0.25, -0.2) is 0 Å². The minimum Gasteiger partial charge on any atom is -0.281 e. The summed E-state index contributed by atoms with van der Waals surface area (Å²) >= 11 is 6.89. The molecule has 0 saturated carbocycles. The largest absolute Gasteiger partial charge is 0.281 e. The molecule has 0 aromatic carbocycles. The van der Waals surface area contributed by atoms with E-state index in [0.29, 0.717) is 6.42 Å². The molecule has 1 nitrogen and oxygen atoms in total. The Morgan fingerprint density at radius 2 is 2.18 bits per heavy atom. The fourth-order valence-electron chi connectivity index (χ4n) is 0.844. The Hall–Kier alpha value is -0.340. The molecular formula is C8H9ClOS. The van der Waals surface area contributed by atoms with Crippen molar-refractivity contribution in [2.45, 2.75) is 19.8 Å². The van der Waals surface area contributed by atoms with E-state index in [1.165, 1.54) is 4.88 Å². The highest BCUT2D eigenvalue weighted by molar-refractivity contribution is 7.12. The Morgan fingerprint density at radius 3 is 2.64 bits per heavy atom. The van der Waals surface area contributed by atoms with Gasteiger partial charge < -0.3 is 0 Å². The molecule has 0 amide bonds. The first-order valence-corrected chi connectivity index (χ1v) is 4.67. The van der Waals surface area contributed by atoms with E-state index in [2.05, 4.69) is 6.92 Å². The number of thiophene rings is 1. The van der Waals surface area contributed by atoms with Crippen LogP contribution in [0.25, 0.3) is 0 Å². The third kappa shape index (κ3) is 2.64. The fourth-order valence-corrected chi connectivity index (χ4v) is 2.02. The second-order valence-electron chi connectivity index (χ2n) is 2.25. The molecule has 0 aliphatic rings. The van der Waals surface area contributed by atoms with Crippen LogP contribution in [0.1, 0.15) is 16.7 Å². The molecule has 0 atom stereocenters. The van der Waals surface area contributed by atoms with Crippen molar-refractivity contribution in [1.82, 2.24) is 0 Å². The van der Waals surface area contributed by atoms with Crippen LogP contribution in [0.4, 0.5) is 0 Å². The predicted molar refractivity (Wildman–Crippen MR) is 48.3 cm³/mol. The molecule has 0 bridgehead atoms. The van der Waals surface area contributed by atoms with Crippen LogP contribution in [0.15, 0.2) is 12.1 Å². The highest BCUT2D eigenvalue weighted by Crippen LogP contribution is 2.17. The Balaban J connectivity index is 2.65. The van der Waals surface area contributed by atoms with Crippen LogP contribution in [-0.4, -0.2) is 5.24 Å². The number of aryl methyl sites for hydroxylation is 1. The van der Waals surface area contributed by atoms with Gasteiger partial charge in [-0.2, -0.15) is 0 Å². The summed E-state index contributed by atoms with van der Waals surface area (Å²) in [6.45, 7) is 2.10. The second-order valence-corrected chi connectivity index (χ2v) is 3.93. The smallest absolute Gasteiger partial charge is 0.226 e. The van der Waals surface area contributed by atoms with Crippen LogP contribution in [0.5, 0.6) is 0 Å². The van der Waals surface area contributed by atoms with E-state index in [-0.39, 0.29) is 5.24 Å². The van der Waals surface area contributed by atoms with Gasteiger partial charge in [-0.1, -0.05) is 6.92 Å². The minimum absolute atomic E-state index is 0.283. The van der Waals surface area contributed by atoms with Crippen LogP contribution in [0.2, 0.25) is 0 Å². The first-order valence-electron chi connectivity index (χ1n) is 3.48. The Labute approximate surface area is 75.0 Å². The molecule has 0 aliphatic heterocycles. The molecule has 0 fully saturated rings. The van der Waals surface area contributed by atoms with Crippen molar-refractivity contribution >= 4 is 28.2 Å². The van der Waals surface area contributed by atoms with Gasteiger partial charge in [-0.15, -0.1) is 11.3 Å². The van der Waals surface area contributed by atoms with Crippen LogP contribution in [0.3, 0.4) is 0 Å². The monoisotopic (exact) mass is 188 g/mol. The standard InChI is InChI=1S/C8H9ClOS/c1-2-6-3-4-7(11-6)5-8(9)10/h3-4H,2,5H2,1H3. The maximum Gasteiger partial charge on any atom is 0.226 e. The Morgan fingerprint density at radius 1 is 1.55 bits per heavy atom. The number of carbonyl (C=O) groups is 1. The summed E-state index contributed by atoms with van der Waals surface area (Å²) < 4.78 is 0. The first kappa shape index (κ1) is 8.75. The summed E-state index contributed by atoms with van der Waals surface area (Å²) in [5.41, 5.74) is 0. The third-order valence-electron chi connectivity index (χ3n) is 1.38. The van der Waals surface area contributed by atoms with Gasteiger partial charge in [-0.05, 0) is 30.2 Å². The van der Waals surface area contributed by atoms with Gasteiger partial charge in [0.25, 0.3) is 0 Å². The van der Waals surface area contributed by atoms with Crippen molar-refractivity contribution in [2.24, 2.45) is 0 Å². The molecular weight excluding hydrogens is 180 g/mol. The quantitative estimate of drug-likeness (QED) is 0.667. The van der Waals surface area contributed by atoms with Crippen LogP contribution in [0, 0.1) is 0 Å². The molecule has 1 heterocycles. The summed E-state index contributed by atoms with van der Waals surface area (Å²) in [4.78, 5) is 12.8. The molecule has 0 aliphatic carbocycles. The Kier molecular flexibility index (Phi) is 3.09. The lowest BCUT2D eigenvalue weighted by atomic mass is 10.3. The third-order valence-corrected chi connectivity index (χ3v) is 2.74. The summed E-state index contributed by atoms with van der Waals surface area (Å²) in [5.74, 6) is 0. The lowest BCUT2D eigenvalue weighted by molar-refractivity contribution is -0.111. The van der Waals surface area contributed by atoms with Crippen LogP contribution in [-0.2, 0) is 17.6 Å². The lowest BCUT2D eigenvalue weighted by Gasteiger charge is -1.87. The van der Waals surface area contributed by atoms with Gasteiger partial charge in [0.15, 0.2) is 0 Å². The number of carbonyl (C=O) groups excluding carboxylic acids is 1. The average Bonchev–Trinajstić information content (AvgIpc) is 2.34. The topological polar surface area (TPSA) is 17.1 Å². The van der Waals surface area contributed by atoms with Gasteiger partial charge >= 0.3 is 0 Å². The fraction of sp³-hybridized carbons (Fsp3) is 0.375. The van der Waals surface area contributed by atoms with Crippen LogP contribution < -0.4 is 0 Å². The maximum absolute atomic E-state index is 10.5.